The van der Waals surface area contributed by atoms with Crippen molar-refractivity contribution in [1.82, 2.24) is 14.5 Å². The van der Waals surface area contributed by atoms with Crippen LogP contribution in [0.15, 0.2) is 53.8 Å². The summed E-state index contributed by atoms with van der Waals surface area (Å²) in [4.78, 5) is 21.6. The monoisotopic (exact) mass is 537 g/mol. The highest BCUT2D eigenvalue weighted by atomic mass is 35.5. The first-order valence-corrected chi connectivity index (χ1v) is 12.5. The number of fused-ring (bicyclic) bond motifs is 1. The van der Waals surface area contributed by atoms with Crippen LogP contribution in [-0.2, 0) is 10.0 Å². The maximum atomic E-state index is 13.5. The van der Waals surface area contributed by atoms with E-state index in [4.69, 9.17) is 40.5 Å². The van der Waals surface area contributed by atoms with Crippen LogP contribution in [0.3, 0.4) is 0 Å². The van der Waals surface area contributed by atoms with Gasteiger partial charge in [0.1, 0.15) is 17.8 Å². The number of rotatable bonds is 6. The van der Waals surface area contributed by atoms with E-state index in [1.165, 1.54) is 42.7 Å². The van der Waals surface area contributed by atoms with Crippen LogP contribution in [0.2, 0.25) is 15.1 Å². The molecule has 3 N–H and O–H groups in total. The number of benzene rings is 2. The highest BCUT2D eigenvalue weighted by Gasteiger charge is 2.23. The molecule has 176 valence electrons. The molecule has 2 aromatic heterocycles. The van der Waals surface area contributed by atoms with Gasteiger partial charge in [0.05, 0.1) is 26.6 Å². The molecule has 0 atom stereocenters. The van der Waals surface area contributed by atoms with Crippen LogP contribution in [-0.4, -0.2) is 28.7 Å². The molecule has 0 spiro atoms. The number of carbonyl (C=O) groups excluding carboxylic acids is 1. The van der Waals surface area contributed by atoms with Crippen molar-refractivity contribution in [3.8, 4) is 0 Å². The van der Waals surface area contributed by atoms with Gasteiger partial charge in [-0.2, -0.15) is 0 Å². The molecule has 0 saturated carbocycles. The Balaban J connectivity index is 1.77. The van der Waals surface area contributed by atoms with E-state index < -0.39 is 15.8 Å². The molecule has 34 heavy (non-hydrogen) atoms. The van der Waals surface area contributed by atoms with Crippen LogP contribution in [0.25, 0.3) is 11.0 Å². The standard InChI is InChI=1S/C22H18Cl3N5O3S/c1-11(2)30-9-16(19-21(26)27-10-28-22(19)30)20(31)12-3-4-17(25)18(5-12)29-34(32,33)15-7-13(23)6-14(24)8-15/h3-11,29H,1-2H3,(H2,26,27,28). The quantitative estimate of drug-likeness (QED) is 0.309. The molecule has 0 amide bonds. The van der Waals surface area contributed by atoms with Gasteiger partial charge in [0.2, 0.25) is 0 Å². The van der Waals surface area contributed by atoms with Crippen molar-refractivity contribution < 1.29 is 13.2 Å². The summed E-state index contributed by atoms with van der Waals surface area (Å²) in [5.74, 6) is -0.228. The molecule has 0 aliphatic rings. The predicted octanol–water partition coefficient (Wildman–Crippen LogP) is 5.59. The maximum absolute atomic E-state index is 13.5. The first kappa shape index (κ1) is 24.3. The lowest BCUT2D eigenvalue weighted by molar-refractivity contribution is 0.104. The van der Waals surface area contributed by atoms with Crippen LogP contribution < -0.4 is 10.5 Å². The summed E-state index contributed by atoms with van der Waals surface area (Å²) in [5, 5.41) is 0.834. The number of sulfonamides is 1. The molecule has 0 unspecified atom stereocenters. The Morgan fingerprint density at radius 3 is 2.38 bits per heavy atom. The number of carbonyl (C=O) groups is 1. The third-order valence-electron chi connectivity index (χ3n) is 5.06. The number of nitrogens with two attached hydrogens (primary N) is 1. The Kier molecular flexibility index (Phi) is 6.48. The van der Waals surface area contributed by atoms with Gasteiger partial charge in [-0.1, -0.05) is 34.8 Å². The molecular weight excluding hydrogens is 521 g/mol. The van der Waals surface area contributed by atoms with E-state index >= 15 is 0 Å². The fourth-order valence-corrected chi connectivity index (χ4v) is 5.48. The van der Waals surface area contributed by atoms with Gasteiger partial charge in [-0.05, 0) is 50.2 Å². The third kappa shape index (κ3) is 4.56. The van der Waals surface area contributed by atoms with Crippen LogP contribution in [0.1, 0.15) is 35.8 Å². The zero-order chi connectivity index (χ0) is 24.8. The van der Waals surface area contributed by atoms with E-state index in [9.17, 15) is 13.2 Å². The van der Waals surface area contributed by atoms with Crippen molar-refractivity contribution in [2.45, 2.75) is 24.8 Å². The van der Waals surface area contributed by atoms with Gasteiger partial charge < -0.3 is 10.3 Å². The minimum absolute atomic E-state index is 0.00968. The zero-order valence-corrected chi connectivity index (χ0v) is 21.0. The number of hydrogen-bond acceptors (Lipinski definition) is 6. The second-order valence-corrected chi connectivity index (χ2v) is 10.7. The molecule has 12 heteroatoms. The number of halogens is 3. The molecular formula is C22H18Cl3N5O3S. The van der Waals surface area contributed by atoms with Gasteiger partial charge in [0.15, 0.2) is 5.78 Å². The lowest BCUT2D eigenvalue weighted by Crippen LogP contribution is -2.14. The molecule has 0 aliphatic carbocycles. The van der Waals surface area contributed by atoms with E-state index in [-0.39, 0.29) is 43.1 Å². The Morgan fingerprint density at radius 2 is 1.74 bits per heavy atom. The molecule has 4 aromatic rings. The summed E-state index contributed by atoms with van der Waals surface area (Å²) < 4.78 is 30.0. The van der Waals surface area contributed by atoms with E-state index in [0.717, 1.165) is 0 Å². The lowest BCUT2D eigenvalue weighted by Gasteiger charge is -2.12. The number of anilines is 2. The Morgan fingerprint density at radius 1 is 1.06 bits per heavy atom. The average Bonchev–Trinajstić information content (AvgIpc) is 3.15. The average molecular weight is 539 g/mol. The second kappa shape index (κ2) is 9.07. The molecule has 0 fully saturated rings. The smallest absolute Gasteiger partial charge is 0.262 e. The second-order valence-electron chi connectivity index (χ2n) is 7.74. The lowest BCUT2D eigenvalue weighted by atomic mass is 10.0. The van der Waals surface area contributed by atoms with Gasteiger partial charge in [-0.25, -0.2) is 18.4 Å². The van der Waals surface area contributed by atoms with Crippen LogP contribution in [0.5, 0.6) is 0 Å². The Bertz CT molecular complexity index is 1530. The van der Waals surface area contributed by atoms with E-state index in [2.05, 4.69) is 14.7 Å². The number of ketones is 1. The molecule has 8 nitrogen and oxygen atoms in total. The maximum Gasteiger partial charge on any atom is 0.262 e. The molecule has 2 heterocycles. The zero-order valence-electron chi connectivity index (χ0n) is 17.9. The largest absolute Gasteiger partial charge is 0.383 e. The number of nitrogens with zero attached hydrogens (tertiary/aromatic N) is 3. The normalized spacial score (nSPS) is 11.8. The minimum atomic E-state index is -4.10. The van der Waals surface area contributed by atoms with Gasteiger partial charge in [-0.3, -0.25) is 9.52 Å². The van der Waals surface area contributed by atoms with Crippen LogP contribution in [0, 0.1) is 0 Å². The van der Waals surface area contributed by atoms with Gasteiger partial charge in [0, 0.05) is 27.8 Å². The van der Waals surface area contributed by atoms with Crippen molar-refractivity contribution >= 4 is 73.1 Å². The van der Waals surface area contributed by atoms with Gasteiger partial charge in [0.25, 0.3) is 10.0 Å². The number of hydrogen-bond donors (Lipinski definition) is 2. The summed E-state index contributed by atoms with van der Waals surface area (Å²) in [6.07, 6.45) is 3.00. The first-order valence-electron chi connectivity index (χ1n) is 9.92. The van der Waals surface area contributed by atoms with E-state index in [1.807, 2.05) is 18.4 Å². The topological polar surface area (TPSA) is 120 Å². The third-order valence-corrected chi connectivity index (χ3v) is 7.17. The van der Waals surface area contributed by atoms with Crippen LogP contribution >= 0.6 is 34.8 Å². The summed E-state index contributed by atoms with van der Waals surface area (Å²) >= 11 is 18.1. The Labute approximate surface area is 210 Å². The van der Waals surface area contributed by atoms with Crippen molar-refractivity contribution in [3.63, 3.8) is 0 Å². The van der Waals surface area contributed by atoms with Gasteiger partial charge >= 0.3 is 0 Å². The van der Waals surface area contributed by atoms with Crippen molar-refractivity contribution in [1.29, 1.82) is 0 Å². The number of nitrogen functional groups attached to an aromatic ring is 1. The molecule has 2 aromatic carbocycles. The highest BCUT2D eigenvalue weighted by molar-refractivity contribution is 7.92. The molecule has 0 saturated heterocycles. The molecule has 4 rings (SSSR count). The van der Waals surface area contributed by atoms with E-state index in [0.29, 0.717) is 16.6 Å². The fourth-order valence-electron chi connectivity index (χ4n) is 3.46. The summed E-state index contributed by atoms with van der Waals surface area (Å²) in [7, 11) is -4.10. The van der Waals surface area contributed by atoms with Crippen molar-refractivity contribution in [2.75, 3.05) is 10.5 Å². The minimum Gasteiger partial charge on any atom is -0.383 e. The van der Waals surface area contributed by atoms with Crippen LogP contribution in [0.4, 0.5) is 11.5 Å². The van der Waals surface area contributed by atoms with Crippen molar-refractivity contribution in [2.24, 2.45) is 0 Å². The fraction of sp³-hybridized carbons (Fsp3) is 0.136. The summed E-state index contributed by atoms with van der Waals surface area (Å²) in [5.41, 5.74) is 7.09. The summed E-state index contributed by atoms with van der Waals surface area (Å²) in [6.45, 7) is 3.90. The molecule has 0 radical (unpaired) electrons. The SMILES string of the molecule is CC(C)n1cc(C(=O)c2ccc(Cl)c(NS(=O)(=O)c3cc(Cl)cc(Cl)c3)c2)c2c(N)ncnc21. The van der Waals surface area contributed by atoms with Gasteiger partial charge in [-0.15, -0.1) is 0 Å². The first-order chi connectivity index (χ1) is 16.0. The molecule has 0 bridgehead atoms. The van der Waals surface area contributed by atoms with E-state index in [1.54, 1.807) is 6.20 Å². The Hall–Kier alpha value is -2.85. The molecule has 0 aliphatic heterocycles. The summed E-state index contributed by atoms with van der Waals surface area (Å²) in [6, 6.07) is 8.21. The number of nitrogens with one attached hydrogen (secondary N) is 1. The number of aromatic nitrogens is 3. The highest BCUT2D eigenvalue weighted by Crippen LogP contribution is 2.32. The van der Waals surface area contributed by atoms with Crippen molar-refractivity contribution in [3.05, 3.63) is 75.1 Å². The predicted molar refractivity (Wildman–Crippen MR) is 134 cm³/mol.